The van der Waals surface area contributed by atoms with Crippen molar-refractivity contribution >= 4 is 0 Å². The highest BCUT2D eigenvalue weighted by Crippen LogP contribution is 2.41. The first-order valence-corrected chi connectivity index (χ1v) is 6.75. The van der Waals surface area contributed by atoms with E-state index in [0.717, 1.165) is 24.3 Å². The highest BCUT2D eigenvalue weighted by molar-refractivity contribution is 5.32. The van der Waals surface area contributed by atoms with Crippen LogP contribution in [0.25, 0.3) is 0 Å². The van der Waals surface area contributed by atoms with Crippen LogP contribution in [-0.2, 0) is 5.60 Å². The molecule has 0 bridgehead atoms. The third kappa shape index (κ3) is 2.02. The Morgan fingerprint density at radius 1 is 1.28 bits per heavy atom. The smallest absolute Gasteiger partial charge is 0.118 e. The highest BCUT2D eigenvalue weighted by atomic mass is 16.5. The monoisotopic (exact) mass is 247 g/mol. The van der Waals surface area contributed by atoms with Crippen LogP contribution in [0.1, 0.15) is 31.7 Å². The van der Waals surface area contributed by atoms with Gasteiger partial charge in [-0.2, -0.15) is 0 Å². The SMILES string of the molecule is COc1ccc(C2(O)CC(C)N(C3CC3)C2)cc1. The quantitative estimate of drug-likeness (QED) is 0.888. The van der Waals surface area contributed by atoms with E-state index in [1.807, 2.05) is 24.3 Å². The van der Waals surface area contributed by atoms with Crippen molar-refractivity contribution in [3.05, 3.63) is 29.8 Å². The number of hydrogen-bond donors (Lipinski definition) is 1. The summed E-state index contributed by atoms with van der Waals surface area (Å²) in [6.07, 6.45) is 3.42. The largest absolute Gasteiger partial charge is 0.497 e. The minimum atomic E-state index is -0.686. The van der Waals surface area contributed by atoms with Gasteiger partial charge in [-0.05, 0) is 43.9 Å². The molecule has 98 valence electrons. The fourth-order valence-corrected chi connectivity index (χ4v) is 3.13. The van der Waals surface area contributed by atoms with Crippen molar-refractivity contribution < 1.29 is 9.84 Å². The molecule has 1 saturated carbocycles. The molecule has 2 fully saturated rings. The topological polar surface area (TPSA) is 32.7 Å². The minimum Gasteiger partial charge on any atom is -0.497 e. The molecule has 18 heavy (non-hydrogen) atoms. The van der Waals surface area contributed by atoms with E-state index in [9.17, 15) is 5.11 Å². The van der Waals surface area contributed by atoms with E-state index in [4.69, 9.17) is 4.74 Å². The highest BCUT2D eigenvalue weighted by Gasteiger charge is 2.46. The number of rotatable bonds is 3. The lowest BCUT2D eigenvalue weighted by atomic mass is 9.91. The molecule has 0 amide bonds. The van der Waals surface area contributed by atoms with Gasteiger partial charge in [-0.15, -0.1) is 0 Å². The van der Waals surface area contributed by atoms with Gasteiger partial charge in [-0.3, -0.25) is 4.90 Å². The van der Waals surface area contributed by atoms with E-state index in [2.05, 4.69) is 11.8 Å². The molecule has 2 atom stereocenters. The normalized spacial score (nSPS) is 32.7. The number of β-amino-alcohol motifs (C(OH)–C–C–N with tert-alkyl or cyclic N) is 1. The maximum Gasteiger partial charge on any atom is 0.118 e. The Kier molecular flexibility index (Phi) is 2.83. The first kappa shape index (κ1) is 12.0. The summed E-state index contributed by atoms with van der Waals surface area (Å²) in [5, 5.41) is 10.9. The van der Waals surface area contributed by atoms with Gasteiger partial charge in [-0.25, -0.2) is 0 Å². The van der Waals surface area contributed by atoms with Gasteiger partial charge in [0.05, 0.1) is 7.11 Å². The number of likely N-dealkylation sites (tertiary alicyclic amines) is 1. The molecule has 3 rings (SSSR count). The third-order valence-electron chi connectivity index (χ3n) is 4.29. The van der Waals surface area contributed by atoms with Crippen LogP contribution in [0.5, 0.6) is 5.75 Å². The summed E-state index contributed by atoms with van der Waals surface area (Å²) in [5.74, 6) is 0.840. The van der Waals surface area contributed by atoms with Gasteiger partial charge in [0.1, 0.15) is 11.4 Å². The number of nitrogens with zero attached hydrogens (tertiary/aromatic N) is 1. The number of aliphatic hydroxyl groups is 1. The van der Waals surface area contributed by atoms with Crippen molar-refractivity contribution in [3.63, 3.8) is 0 Å². The van der Waals surface area contributed by atoms with Gasteiger partial charge in [0.15, 0.2) is 0 Å². The first-order chi connectivity index (χ1) is 8.62. The lowest BCUT2D eigenvalue weighted by Gasteiger charge is -2.24. The number of methoxy groups -OCH3 is 1. The Morgan fingerprint density at radius 2 is 1.94 bits per heavy atom. The standard InChI is InChI=1S/C15H21NO2/c1-11-9-15(17,10-16(11)13-5-6-13)12-3-7-14(18-2)8-4-12/h3-4,7-8,11,13,17H,5-6,9-10H2,1-2H3. The van der Waals surface area contributed by atoms with Crippen molar-refractivity contribution in [2.75, 3.05) is 13.7 Å². The van der Waals surface area contributed by atoms with E-state index in [1.54, 1.807) is 7.11 Å². The zero-order valence-corrected chi connectivity index (χ0v) is 11.1. The van der Waals surface area contributed by atoms with Crippen LogP contribution in [0.15, 0.2) is 24.3 Å². The molecule has 0 spiro atoms. The maximum absolute atomic E-state index is 10.9. The predicted molar refractivity (Wildman–Crippen MR) is 70.7 cm³/mol. The average molecular weight is 247 g/mol. The summed E-state index contributed by atoms with van der Waals surface area (Å²) in [6.45, 7) is 2.99. The number of ether oxygens (including phenoxy) is 1. The van der Waals surface area contributed by atoms with Gasteiger partial charge >= 0.3 is 0 Å². The maximum atomic E-state index is 10.9. The Bertz CT molecular complexity index is 427. The second-order valence-electron chi connectivity index (χ2n) is 5.72. The molecule has 1 aromatic rings. The van der Waals surface area contributed by atoms with Crippen molar-refractivity contribution in [1.29, 1.82) is 0 Å². The molecule has 1 saturated heterocycles. The summed E-state index contributed by atoms with van der Waals surface area (Å²) >= 11 is 0. The molecule has 1 aromatic carbocycles. The fourth-order valence-electron chi connectivity index (χ4n) is 3.13. The Labute approximate surface area is 108 Å². The Morgan fingerprint density at radius 3 is 2.50 bits per heavy atom. The molecule has 3 nitrogen and oxygen atoms in total. The summed E-state index contributed by atoms with van der Waals surface area (Å²) < 4.78 is 5.16. The van der Waals surface area contributed by atoms with Crippen LogP contribution in [0, 0.1) is 0 Å². The average Bonchev–Trinajstić information content (AvgIpc) is 3.16. The predicted octanol–water partition coefficient (Wildman–Crippen LogP) is 2.14. The molecule has 2 aliphatic rings. The van der Waals surface area contributed by atoms with Crippen molar-refractivity contribution in [1.82, 2.24) is 4.90 Å². The second-order valence-corrected chi connectivity index (χ2v) is 5.72. The zero-order chi connectivity index (χ0) is 12.8. The van der Waals surface area contributed by atoms with Crippen LogP contribution >= 0.6 is 0 Å². The molecule has 0 radical (unpaired) electrons. The van der Waals surface area contributed by atoms with Crippen LogP contribution in [0.4, 0.5) is 0 Å². The van der Waals surface area contributed by atoms with Crippen molar-refractivity contribution in [3.8, 4) is 5.75 Å². The lowest BCUT2D eigenvalue weighted by Crippen LogP contribution is -2.33. The summed E-state index contributed by atoms with van der Waals surface area (Å²) in [7, 11) is 1.66. The molecular formula is C15H21NO2. The van der Waals surface area contributed by atoms with Crippen LogP contribution < -0.4 is 4.74 Å². The third-order valence-corrected chi connectivity index (χ3v) is 4.29. The van der Waals surface area contributed by atoms with Crippen molar-refractivity contribution in [2.24, 2.45) is 0 Å². The fraction of sp³-hybridized carbons (Fsp3) is 0.600. The molecule has 0 aromatic heterocycles. The summed E-state index contributed by atoms with van der Waals surface area (Å²) in [5.41, 5.74) is 0.326. The van der Waals surface area contributed by atoms with Crippen molar-refractivity contribution in [2.45, 2.75) is 43.9 Å². The van der Waals surface area contributed by atoms with E-state index < -0.39 is 5.60 Å². The van der Waals surface area contributed by atoms with Gasteiger partial charge in [0, 0.05) is 18.6 Å². The molecule has 1 heterocycles. The number of benzene rings is 1. The molecule has 1 N–H and O–H groups in total. The van der Waals surface area contributed by atoms with Crippen LogP contribution in [0.2, 0.25) is 0 Å². The minimum absolute atomic E-state index is 0.476. The van der Waals surface area contributed by atoms with E-state index in [0.29, 0.717) is 12.1 Å². The first-order valence-electron chi connectivity index (χ1n) is 6.75. The van der Waals surface area contributed by atoms with Gasteiger partial charge in [0.25, 0.3) is 0 Å². The van der Waals surface area contributed by atoms with Gasteiger partial charge in [0.2, 0.25) is 0 Å². The van der Waals surface area contributed by atoms with Gasteiger partial charge in [-0.1, -0.05) is 12.1 Å². The van der Waals surface area contributed by atoms with Crippen LogP contribution in [0.3, 0.4) is 0 Å². The molecule has 1 aliphatic heterocycles. The van der Waals surface area contributed by atoms with E-state index in [1.165, 1.54) is 12.8 Å². The molecular weight excluding hydrogens is 226 g/mol. The van der Waals surface area contributed by atoms with Crippen LogP contribution in [-0.4, -0.2) is 35.7 Å². The van der Waals surface area contributed by atoms with E-state index >= 15 is 0 Å². The molecule has 1 aliphatic carbocycles. The van der Waals surface area contributed by atoms with E-state index in [-0.39, 0.29) is 0 Å². The zero-order valence-electron chi connectivity index (χ0n) is 11.1. The lowest BCUT2D eigenvalue weighted by molar-refractivity contribution is 0.0451. The Hall–Kier alpha value is -1.06. The molecule has 3 heteroatoms. The van der Waals surface area contributed by atoms with Gasteiger partial charge < -0.3 is 9.84 Å². The summed E-state index contributed by atoms with van der Waals surface area (Å²) in [6, 6.07) is 9.02. The second kappa shape index (κ2) is 4.25. The number of hydrogen-bond acceptors (Lipinski definition) is 3. The molecule has 2 unspecified atom stereocenters. The summed E-state index contributed by atoms with van der Waals surface area (Å²) in [4.78, 5) is 2.46. The Balaban J connectivity index is 1.81.